The second-order valence-corrected chi connectivity index (χ2v) is 8.14. The first-order chi connectivity index (χ1) is 14.0. The van der Waals surface area contributed by atoms with E-state index < -0.39 is 12.1 Å². The Morgan fingerprint density at radius 1 is 1.21 bits per heavy atom. The van der Waals surface area contributed by atoms with Gasteiger partial charge < -0.3 is 15.4 Å². The predicted molar refractivity (Wildman–Crippen MR) is 107 cm³/mol. The van der Waals surface area contributed by atoms with E-state index in [1.807, 2.05) is 24.3 Å². The summed E-state index contributed by atoms with van der Waals surface area (Å²) in [6.07, 6.45) is 7.39. The van der Waals surface area contributed by atoms with Crippen LogP contribution >= 0.6 is 0 Å². The summed E-state index contributed by atoms with van der Waals surface area (Å²) in [5.74, 6) is 1.97. The largest absolute Gasteiger partial charge is 0.497 e. The zero-order valence-electron chi connectivity index (χ0n) is 16.6. The molecule has 4 rings (SSSR count). The Bertz CT molecular complexity index is 820. The SMILES string of the molecule is COc1ccc(CCN2C(=O)N[C@@H](CC(=O)NC[C@@H]3C[C@H]4C=C[C@@H]3C4)C2=O)cc1. The van der Waals surface area contributed by atoms with Gasteiger partial charge in [0.05, 0.1) is 13.5 Å². The molecule has 1 aromatic carbocycles. The molecule has 2 fully saturated rings. The van der Waals surface area contributed by atoms with Gasteiger partial charge in [0.2, 0.25) is 5.91 Å². The minimum absolute atomic E-state index is 0.0136. The minimum atomic E-state index is -0.779. The third kappa shape index (κ3) is 4.28. The fraction of sp³-hybridized carbons (Fsp3) is 0.500. The number of ether oxygens (including phenoxy) is 1. The van der Waals surface area contributed by atoms with Crippen LogP contribution in [-0.2, 0) is 16.0 Å². The molecule has 1 aromatic rings. The molecule has 7 heteroatoms. The molecule has 4 atom stereocenters. The maximum absolute atomic E-state index is 12.6. The van der Waals surface area contributed by atoms with E-state index in [1.165, 1.54) is 11.3 Å². The average molecular weight is 397 g/mol. The van der Waals surface area contributed by atoms with Crippen LogP contribution in [0.3, 0.4) is 0 Å². The lowest BCUT2D eigenvalue weighted by Crippen LogP contribution is -2.38. The molecule has 7 nitrogen and oxygen atoms in total. The number of nitrogens with one attached hydrogen (secondary N) is 2. The standard InChI is InChI=1S/C22H27N3O4/c1-29-18-6-3-14(4-7-18)8-9-25-21(27)19(24-22(25)28)12-20(26)23-13-17-11-15-2-5-16(17)10-15/h2-7,15-17,19H,8-13H2,1H3,(H,23,26)(H,24,28)/t15-,16+,17-,19-/m0/s1. The monoisotopic (exact) mass is 397 g/mol. The van der Waals surface area contributed by atoms with E-state index in [-0.39, 0.29) is 24.8 Å². The number of amides is 4. The molecule has 2 bridgehead atoms. The van der Waals surface area contributed by atoms with Crippen molar-refractivity contribution in [2.75, 3.05) is 20.2 Å². The lowest BCUT2D eigenvalue weighted by Gasteiger charge is -2.19. The first-order valence-electron chi connectivity index (χ1n) is 10.2. The van der Waals surface area contributed by atoms with E-state index in [1.54, 1.807) is 7.11 Å². The smallest absolute Gasteiger partial charge is 0.324 e. The second-order valence-electron chi connectivity index (χ2n) is 8.14. The Labute approximate surface area is 170 Å². The van der Waals surface area contributed by atoms with E-state index in [2.05, 4.69) is 22.8 Å². The molecule has 2 aliphatic carbocycles. The Hall–Kier alpha value is -2.83. The number of imide groups is 1. The highest BCUT2D eigenvalue weighted by Gasteiger charge is 2.39. The van der Waals surface area contributed by atoms with Crippen molar-refractivity contribution >= 4 is 17.8 Å². The predicted octanol–water partition coefficient (Wildman–Crippen LogP) is 1.88. The van der Waals surface area contributed by atoms with Gasteiger partial charge in [-0.15, -0.1) is 0 Å². The van der Waals surface area contributed by atoms with Gasteiger partial charge in [0, 0.05) is 13.1 Å². The molecule has 1 heterocycles. The van der Waals surface area contributed by atoms with Crippen molar-refractivity contribution in [3.8, 4) is 5.75 Å². The van der Waals surface area contributed by atoms with Crippen LogP contribution in [-0.4, -0.2) is 49.0 Å². The van der Waals surface area contributed by atoms with Crippen LogP contribution in [0.25, 0.3) is 0 Å². The molecular formula is C22H27N3O4. The summed E-state index contributed by atoms with van der Waals surface area (Å²) in [7, 11) is 1.60. The first-order valence-corrected chi connectivity index (χ1v) is 10.2. The van der Waals surface area contributed by atoms with E-state index in [4.69, 9.17) is 4.74 Å². The molecule has 4 amide bonds. The summed E-state index contributed by atoms with van der Waals surface area (Å²) in [5, 5.41) is 5.59. The van der Waals surface area contributed by atoms with Crippen LogP contribution in [0.4, 0.5) is 4.79 Å². The molecule has 1 aliphatic heterocycles. The summed E-state index contributed by atoms with van der Waals surface area (Å²) >= 11 is 0. The summed E-state index contributed by atoms with van der Waals surface area (Å²) in [6, 6.07) is 6.30. The number of fused-ring (bicyclic) bond motifs is 2. The van der Waals surface area contributed by atoms with Crippen molar-refractivity contribution in [1.29, 1.82) is 0 Å². The third-order valence-electron chi connectivity index (χ3n) is 6.26. The van der Waals surface area contributed by atoms with Crippen molar-refractivity contribution in [2.24, 2.45) is 17.8 Å². The zero-order valence-corrected chi connectivity index (χ0v) is 16.6. The fourth-order valence-electron chi connectivity index (χ4n) is 4.59. The van der Waals surface area contributed by atoms with E-state index >= 15 is 0 Å². The van der Waals surface area contributed by atoms with Crippen LogP contribution in [0.1, 0.15) is 24.8 Å². The van der Waals surface area contributed by atoms with Crippen LogP contribution < -0.4 is 15.4 Å². The van der Waals surface area contributed by atoms with Crippen molar-refractivity contribution in [3.63, 3.8) is 0 Å². The highest BCUT2D eigenvalue weighted by molar-refractivity contribution is 6.05. The van der Waals surface area contributed by atoms with Crippen LogP contribution in [0.2, 0.25) is 0 Å². The van der Waals surface area contributed by atoms with Crippen molar-refractivity contribution in [3.05, 3.63) is 42.0 Å². The number of methoxy groups -OCH3 is 1. The molecule has 3 aliphatic rings. The Morgan fingerprint density at radius 2 is 2.00 bits per heavy atom. The van der Waals surface area contributed by atoms with Gasteiger partial charge in [-0.05, 0) is 54.7 Å². The highest BCUT2D eigenvalue weighted by Crippen LogP contribution is 2.42. The first kappa shape index (κ1) is 19.5. The molecular weight excluding hydrogens is 370 g/mol. The Morgan fingerprint density at radius 3 is 2.66 bits per heavy atom. The number of rotatable bonds is 8. The number of urea groups is 1. The maximum Gasteiger partial charge on any atom is 0.324 e. The number of carbonyl (C=O) groups excluding carboxylic acids is 3. The number of hydrogen-bond donors (Lipinski definition) is 2. The summed E-state index contributed by atoms with van der Waals surface area (Å²) < 4.78 is 5.13. The molecule has 1 saturated heterocycles. The van der Waals surface area contributed by atoms with Crippen molar-refractivity contribution in [2.45, 2.75) is 31.7 Å². The van der Waals surface area contributed by atoms with Gasteiger partial charge in [-0.2, -0.15) is 0 Å². The fourth-order valence-corrected chi connectivity index (χ4v) is 4.59. The number of nitrogens with zero attached hydrogens (tertiary/aromatic N) is 1. The molecule has 0 aromatic heterocycles. The molecule has 2 N–H and O–H groups in total. The third-order valence-corrected chi connectivity index (χ3v) is 6.26. The Balaban J connectivity index is 1.23. The topological polar surface area (TPSA) is 87.7 Å². The summed E-state index contributed by atoms with van der Waals surface area (Å²) in [6.45, 7) is 0.924. The minimum Gasteiger partial charge on any atom is -0.497 e. The Kier molecular flexibility index (Phi) is 5.56. The molecule has 154 valence electrons. The lowest BCUT2D eigenvalue weighted by atomic mass is 9.93. The van der Waals surface area contributed by atoms with Crippen LogP contribution in [0.15, 0.2) is 36.4 Å². The quantitative estimate of drug-likeness (QED) is 0.518. The summed E-state index contributed by atoms with van der Waals surface area (Å²) in [5.41, 5.74) is 1.01. The van der Waals surface area contributed by atoms with E-state index in [0.717, 1.165) is 17.7 Å². The number of carbonyl (C=O) groups is 3. The van der Waals surface area contributed by atoms with Gasteiger partial charge in [0.25, 0.3) is 5.91 Å². The second kappa shape index (κ2) is 8.27. The molecule has 0 spiro atoms. The number of benzene rings is 1. The molecule has 1 saturated carbocycles. The number of allylic oxidation sites excluding steroid dienone is 2. The van der Waals surface area contributed by atoms with Gasteiger partial charge in [-0.3, -0.25) is 14.5 Å². The van der Waals surface area contributed by atoms with Gasteiger partial charge in [0.1, 0.15) is 11.8 Å². The van der Waals surface area contributed by atoms with Crippen LogP contribution in [0.5, 0.6) is 5.75 Å². The van der Waals surface area contributed by atoms with E-state index in [9.17, 15) is 14.4 Å². The summed E-state index contributed by atoms with van der Waals surface area (Å²) in [4.78, 5) is 38.3. The zero-order chi connectivity index (χ0) is 20.4. The average Bonchev–Trinajstić information content (AvgIpc) is 3.41. The van der Waals surface area contributed by atoms with Crippen molar-refractivity contribution < 1.29 is 19.1 Å². The molecule has 0 unspecified atom stereocenters. The number of hydrogen-bond acceptors (Lipinski definition) is 4. The molecule has 29 heavy (non-hydrogen) atoms. The van der Waals surface area contributed by atoms with Gasteiger partial charge >= 0.3 is 6.03 Å². The molecule has 0 radical (unpaired) electrons. The normalized spacial score (nSPS) is 27.4. The van der Waals surface area contributed by atoms with Crippen LogP contribution in [0, 0.1) is 17.8 Å². The highest BCUT2D eigenvalue weighted by atomic mass is 16.5. The van der Waals surface area contributed by atoms with Gasteiger partial charge in [-0.25, -0.2) is 4.79 Å². The van der Waals surface area contributed by atoms with E-state index in [0.29, 0.717) is 30.7 Å². The van der Waals surface area contributed by atoms with Crippen molar-refractivity contribution in [1.82, 2.24) is 15.5 Å². The van der Waals surface area contributed by atoms with Gasteiger partial charge in [0.15, 0.2) is 0 Å². The maximum atomic E-state index is 12.6. The lowest BCUT2D eigenvalue weighted by molar-refractivity contribution is -0.130. The van der Waals surface area contributed by atoms with Gasteiger partial charge in [-0.1, -0.05) is 24.3 Å².